The van der Waals surface area contributed by atoms with Crippen molar-refractivity contribution in [3.8, 4) is 5.75 Å². The van der Waals surface area contributed by atoms with Crippen LogP contribution in [0, 0.1) is 0 Å². The maximum atomic E-state index is 12.6. The fraction of sp³-hybridized carbons (Fsp3) is 0.138. The van der Waals surface area contributed by atoms with Gasteiger partial charge in [-0.25, -0.2) is 4.79 Å². The number of benzene rings is 4. The highest BCUT2D eigenvalue weighted by Crippen LogP contribution is 2.50. The Morgan fingerprint density at radius 2 is 1.50 bits per heavy atom. The van der Waals surface area contributed by atoms with Crippen LogP contribution >= 0.6 is 0 Å². The smallest absolute Gasteiger partial charge is 0.331 e. The van der Waals surface area contributed by atoms with Crippen LogP contribution in [-0.4, -0.2) is 12.6 Å². The Morgan fingerprint density at radius 3 is 2.16 bits per heavy atom. The van der Waals surface area contributed by atoms with Crippen molar-refractivity contribution in [1.82, 2.24) is 0 Å². The van der Waals surface area contributed by atoms with Crippen molar-refractivity contribution in [2.24, 2.45) is 0 Å². The molecular formula is C29H24O3. The summed E-state index contributed by atoms with van der Waals surface area (Å²) in [5.74, 6) is 0.427. The number of carbonyl (C=O) groups excluding carboxylic acids is 1. The van der Waals surface area contributed by atoms with E-state index < -0.39 is 5.60 Å². The van der Waals surface area contributed by atoms with Crippen LogP contribution in [0.25, 0.3) is 16.3 Å². The van der Waals surface area contributed by atoms with Gasteiger partial charge in [0.05, 0.1) is 6.61 Å². The molecule has 4 aromatic rings. The van der Waals surface area contributed by atoms with Gasteiger partial charge in [-0.15, -0.1) is 0 Å². The first-order chi connectivity index (χ1) is 15.7. The van der Waals surface area contributed by atoms with Crippen molar-refractivity contribution in [2.45, 2.75) is 18.9 Å². The molecule has 0 atom stereocenters. The third-order valence-electron chi connectivity index (χ3n) is 5.99. The van der Waals surface area contributed by atoms with Crippen molar-refractivity contribution in [3.63, 3.8) is 0 Å². The zero-order valence-corrected chi connectivity index (χ0v) is 18.0. The summed E-state index contributed by atoms with van der Waals surface area (Å²) in [5, 5.41) is 2.17. The van der Waals surface area contributed by atoms with Crippen molar-refractivity contribution < 1.29 is 14.3 Å². The Hall–Kier alpha value is -3.85. The first-order valence-electron chi connectivity index (χ1n) is 10.9. The Labute approximate surface area is 187 Å². The van der Waals surface area contributed by atoms with E-state index in [1.165, 1.54) is 0 Å². The molecular weight excluding hydrogens is 396 g/mol. The summed E-state index contributed by atoms with van der Waals surface area (Å²) in [7, 11) is 0. The van der Waals surface area contributed by atoms with E-state index >= 15 is 0 Å². The van der Waals surface area contributed by atoms with Gasteiger partial charge in [0.25, 0.3) is 0 Å². The van der Waals surface area contributed by atoms with Crippen LogP contribution in [0.3, 0.4) is 0 Å². The van der Waals surface area contributed by atoms with Gasteiger partial charge in [0, 0.05) is 29.2 Å². The molecule has 0 aromatic heterocycles. The minimum absolute atomic E-state index is 0.335. The molecule has 32 heavy (non-hydrogen) atoms. The monoisotopic (exact) mass is 420 g/mol. The molecule has 0 unspecified atom stereocenters. The van der Waals surface area contributed by atoms with Crippen LogP contribution in [-0.2, 0) is 15.1 Å². The molecule has 0 spiro atoms. The van der Waals surface area contributed by atoms with E-state index in [0.717, 1.165) is 38.8 Å². The third-order valence-corrected chi connectivity index (χ3v) is 5.99. The van der Waals surface area contributed by atoms with E-state index in [9.17, 15) is 4.79 Å². The molecule has 4 aromatic carbocycles. The molecule has 0 bridgehead atoms. The summed E-state index contributed by atoms with van der Waals surface area (Å²) in [5.41, 5.74) is 3.20. The molecule has 0 fully saturated rings. The summed E-state index contributed by atoms with van der Waals surface area (Å²) >= 11 is 0. The topological polar surface area (TPSA) is 35.5 Å². The molecule has 3 heteroatoms. The Kier molecular flexibility index (Phi) is 5.24. The van der Waals surface area contributed by atoms with Crippen LogP contribution in [0.2, 0.25) is 0 Å². The largest absolute Gasteiger partial charge is 0.477 e. The van der Waals surface area contributed by atoms with Gasteiger partial charge in [-0.2, -0.15) is 0 Å². The number of fused-ring (bicyclic) bond motifs is 3. The second kappa shape index (κ2) is 8.35. The molecule has 0 saturated heterocycles. The Bertz CT molecular complexity index is 1250. The van der Waals surface area contributed by atoms with Crippen molar-refractivity contribution in [2.75, 3.05) is 6.61 Å². The standard InChI is InChI=1S/C29H24O3/c1-2-31-27(30)19-22-20-29(23-12-5-3-6-13-23,24-14-7-4-8-15-24)32-26-18-17-21-11-9-10-16-25(21)28(22)26/h3-19H,2,20H2,1H3/b22-19+. The van der Waals surface area contributed by atoms with Crippen molar-refractivity contribution >= 4 is 22.3 Å². The van der Waals surface area contributed by atoms with Crippen molar-refractivity contribution in [3.05, 3.63) is 120 Å². The van der Waals surface area contributed by atoms with Gasteiger partial charge in [0.2, 0.25) is 0 Å². The molecule has 3 nitrogen and oxygen atoms in total. The van der Waals surface area contributed by atoms with Gasteiger partial charge in [-0.3, -0.25) is 0 Å². The minimum Gasteiger partial charge on any atom is -0.477 e. The fourth-order valence-electron chi connectivity index (χ4n) is 4.60. The molecule has 0 radical (unpaired) electrons. The van der Waals surface area contributed by atoms with Crippen LogP contribution < -0.4 is 4.74 Å². The van der Waals surface area contributed by atoms with E-state index in [-0.39, 0.29) is 5.97 Å². The lowest BCUT2D eigenvalue weighted by Gasteiger charge is -2.41. The highest BCUT2D eigenvalue weighted by molar-refractivity contribution is 6.02. The summed E-state index contributed by atoms with van der Waals surface area (Å²) < 4.78 is 12.2. The quantitative estimate of drug-likeness (QED) is 0.279. The normalized spacial score (nSPS) is 15.7. The van der Waals surface area contributed by atoms with E-state index in [0.29, 0.717) is 13.0 Å². The number of hydrogen-bond donors (Lipinski definition) is 0. The molecule has 0 saturated carbocycles. The zero-order valence-electron chi connectivity index (χ0n) is 18.0. The molecule has 0 N–H and O–H groups in total. The molecule has 0 amide bonds. The summed E-state index contributed by atoms with van der Waals surface area (Å²) in [6.07, 6.45) is 2.15. The number of ether oxygens (including phenoxy) is 2. The molecule has 1 heterocycles. The molecule has 1 aliphatic rings. The average molecular weight is 421 g/mol. The number of hydrogen-bond acceptors (Lipinski definition) is 3. The van der Waals surface area contributed by atoms with E-state index in [2.05, 4.69) is 42.5 Å². The minimum atomic E-state index is -0.754. The van der Waals surface area contributed by atoms with Gasteiger partial charge in [-0.05, 0) is 29.3 Å². The third kappa shape index (κ3) is 3.46. The van der Waals surface area contributed by atoms with Crippen LogP contribution in [0.5, 0.6) is 5.75 Å². The molecule has 1 aliphatic heterocycles. The van der Waals surface area contributed by atoms with Gasteiger partial charge < -0.3 is 9.47 Å². The SMILES string of the molecule is CCOC(=O)/C=C1\CC(c2ccccc2)(c2ccccc2)Oc2ccc3ccccc3c21. The molecule has 0 aliphatic carbocycles. The number of carbonyl (C=O) groups is 1. The maximum Gasteiger partial charge on any atom is 0.331 e. The number of rotatable bonds is 4. The van der Waals surface area contributed by atoms with Crippen LogP contribution in [0.15, 0.2) is 103 Å². The highest BCUT2D eigenvalue weighted by atomic mass is 16.5. The average Bonchev–Trinajstić information content (AvgIpc) is 2.85. The van der Waals surface area contributed by atoms with Gasteiger partial charge >= 0.3 is 5.97 Å². The van der Waals surface area contributed by atoms with Gasteiger partial charge in [0.1, 0.15) is 5.75 Å². The maximum absolute atomic E-state index is 12.6. The Morgan fingerprint density at radius 1 is 0.875 bits per heavy atom. The van der Waals surface area contributed by atoms with Gasteiger partial charge in [-0.1, -0.05) is 91.0 Å². The predicted octanol–water partition coefficient (Wildman–Crippen LogP) is 6.51. The lowest BCUT2D eigenvalue weighted by molar-refractivity contribution is -0.137. The summed E-state index contributed by atoms with van der Waals surface area (Å²) in [6.45, 7) is 2.16. The van der Waals surface area contributed by atoms with E-state index in [4.69, 9.17) is 9.47 Å². The summed E-state index contributed by atoms with van der Waals surface area (Å²) in [4.78, 5) is 12.6. The fourth-order valence-corrected chi connectivity index (χ4v) is 4.60. The lowest BCUT2D eigenvalue weighted by Crippen LogP contribution is -2.38. The predicted molar refractivity (Wildman–Crippen MR) is 127 cm³/mol. The van der Waals surface area contributed by atoms with E-state index in [1.54, 1.807) is 6.08 Å². The second-order valence-electron chi connectivity index (χ2n) is 7.92. The molecule has 158 valence electrons. The Balaban J connectivity index is 1.79. The van der Waals surface area contributed by atoms with Crippen LogP contribution in [0.4, 0.5) is 0 Å². The summed E-state index contributed by atoms with van der Waals surface area (Å²) in [6, 6.07) is 32.7. The van der Waals surface area contributed by atoms with Crippen LogP contribution in [0.1, 0.15) is 30.0 Å². The first kappa shape index (κ1) is 20.1. The van der Waals surface area contributed by atoms with E-state index in [1.807, 2.05) is 61.5 Å². The highest BCUT2D eigenvalue weighted by Gasteiger charge is 2.42. The number of esters is 1. The molecule has 5 rings (SSSR count). The zero-order chi connectivity index (χ0) is 22.0. The lowest BCUT2D eigenvalue weighted by atomic mass is 9.76. The first-order valence-corrected chi connectivity index (χ1v) is 10.9. The second-order valence-corrected chi connectivity index (χ2v) is 7.92. The van der Waals surface area contributed by atoms with Crippen molar-refractivity contribution in [1.29, 1.82) is 0 Å². The van der Waals surface area contributed by atoms with Gasteiger partial charge in [0.15, 0.2) is 5.60 Å².